The Labute approximate surface area is 142 Å². The van der Waals surface area contributed by atoms with Crippen LogP contribution in [0.2, 0.25) is 5.15 Å². The van der Waals surface area contributed by atoms with Crippen LogP contribution < -0.4 is 0 Å². The molecule has 0 aromatic carbocycles. The Morgan fingerprint density at radius 1 is 0.913 bits per heavy atom. The fourth-order valence-electron chi connectivity index (χ4n) is 4.69. The molecule has 2 aromatic rings. The normalized spacial score (nSPS) is 27.4. The molecule has 4 rings (SSSR count). The zero-order chi connectivity index (χ0) is 15.6. The SMILES string of the molecule is Clc1cc(-c2ccncc2)c(C2CCCC3CCCCC32)nn1. The van der Waals surface area contributed by atoms with Gasteiger partial charge in [0.05, 0.1) is 5.69 Å². The van der Waals surface area contributed by atoms with E-state index in [4.69, 9.17) is 11.6 Å². The molecule has 23 heavy (non-hydrogen) atoms. The molecule has 0 aliphatic heterocycles. The Balaban J connectivity index is 1.76. The molecule has 120 valence electrons. The number of hydrogen-bond acceptors (Lipinski definition) is 3. The predicted molar refractivity (Wildman–Crippen MR) is 92.3 cm³/mol. The molecule has 2 saturated carbocycles. The summed E-state index contributed by atoms with van der Waals surface area (Å²) >= 11 is 6.15. The van der Waals surface area contributed by atoms with E-state index in [0.717, 1.165) is 28.7 Å². The maximum absolute atomic E-state index is 6.15. The van der Waals surface area contributed by atoms with Crippen molar-refractivity contribution in [2.24, 2.45) is 11.8 Å². The van der Waals surface area contributed by atoms with Gasteiger partial charge in [0.15, 0.2) is 5.15 Å². The average Bonchev–Trinajstić information content (AvgIpc) is 2.62. The summed E-state index contributed by atoms with van der Waals surface area (Å²) in [6.45, 7) is 0. The number of halogens is 1. The Morgan fingerprint density at radius 3 is 2.57 bits per heavy atom. The van der Waals surface area contributed by atoms with Crippen molar-refractivity contribution >= 4 is 11.6 Å². The first-order valence-electron chi connectivity index (χ1n) is 8.76. The summed E-state index contributed by atoms with van der Waals surface area (Å²) in [5, 5.41) is 9.21. The van der Waals surface area contributed by atoms with Gasteiger partial charge in [0.25, 0.3) is 0 Å². The van der Waals surface area contributed by atoms with Crippen LogP contribution in [-0.2, 0) is 0 Å². The molecule has 2 aliphatic carbocycles. The van der Waals surface area contributed by atoms with Crippen molar-refractivity contribution in [1.82, 2.24) is 15.2 Å². The lowest BCUT2D eigenvalue weighted by Gasteiger charge is -2.41. The summed E-state index contributed by atoms with van der Waals surface area (Å²) in [5.74, 6) is 2.18. The van der Waals surface area contributed by atoms with E-state index in [1.54, 1.807) is 0 Å². The van der Waals surface area contributed by atoms with Gasteiger partial charge in [0.1, 0.15) is 0 Å². The van der Waals surface area contributed by atoms with E-state index in [1.165, 1.54) is 44.9 Å². The van der Waals surface area contributed by atoms with Gasteiger partial charge in [-0.1, -0.05) is 43.7 Å². The van der Waals surface area contributed by atoms with E-state index in [1.807, 2.05) is 30.6 Å². The number of rotatable bonds is 2. The Bertz CT molecular complexity index is 672. The topological polar surface area (TPSA) is 38.7 Å². The monoisotopic (exact) mass is 327 g/mol. The molecule has 0 amide bonds. The van der Waals surface area contributed by atoms with Gasteiger partial charge in [-0.05, 0) is 48.4 Å². The van der Waals surface area contributed by atoms with Crippen LogP contribution in [-0.4, -0.2) is 15.2 Å². The first-order valence-corrected chi connectivity index (χ1v) is 9.14. The fourth-order valence-corrected chi connectivity index (χ4v) is 4.84. The van der Waals surface area contributed by atoms with E-state index >= 15 is 0 Å². The summed E-state index contributed by atoms with van der Waals surface area (Å²) in [4.78, 5) is 4.13. The standard InChI is InChI=1S/C19H22ClN3/c20-18-12-17(14-8-10-21-11-9-14)19(23-22-18)16-7-3-5-13-4-1-2-6-15(13)16/h8-13,15-16H,1-7H2. The zero-order valence-corrected chi connectivity index (χ0v) is 14.0. The number of nitrogens with zero attached hydrogens (tertiary/aromatic N) is 3. The first kappa shape index (κ1) is 15.1. The van der Waals surface area contributed by atoms with Crippen molar-refractivity contribution in [3.05, 3.63) is 41.4 Å². The smallest absolute Gasteiger partial charge is 0.152 e. The number of hydrogen-bond donors (Lipinski definition) is 0. The molecule has 2 fully saturated rings. The van der Waals surface area contributed by atoms with Crippen molar-refractivity contribution in [2.45, 2.75) is 50.9 Å². The summed E-state index contributed by atoms with van der Waals surface area (Å²) in [7, 11) is 0. The Morgan fingerprint density at radius 2 is 1.70 bits per heavy atom. The van der Waals surface area contributed by atoms with Crippen molar-refractivity contribution < 1.29 is 0 Å². The highest BCUT2D eigenvalue weighted by molar-refractivity contribution is 6.29. The van der Waals surface area contributed by atoms with Crippen LogP contribution in [0.3, 0.4) is 0 Å². The van der Waals surface area contributed by atoms with E-state index < -0.39 is 0 Å². The molecule has 0 saturated heterocycles. The number of pyridine rings is 1. The lowest BCUT2D eigenvalue weighted by molar-refractivity contribution is 0.142. The maximum atomic E-state index is 6.15. The van der Waals surface area contributed by atoms with Gasteiger partial charge in [0, 0.05) is 23.9 Å². The van der Waals surface area contributed by atoms with E-state index in [0.29, 0.717) is 11.1 Å². The lowest BCUT2D eigenvalue weighted by atomic mass is 9.64. The summed E-state index contributed by atoms with van der Waals surface area (Å²) in [6, 6.07) is 6.06. The molecule has 2 heterocycles. The van der Waals surface area contributed by atoms with Crippen LogP contribution in [0.25, 0.3) is 11.1 Å². The van der Waals surface area contributed by atoms with Crippen LogP contribution in [0, 0.1) is 11.8 Å². The van der Waals surface area contributed by atoms with Gasteiger partial charge in [-0.25, -0.2) is 0 Å². The Kier molecular flexibility index (Phi) is 4.30. The molecular weight excluding hydrogens is 306 g/mol. The molecule has 0 radical (unpaired) electrons. The molecule has 0 bridgehead atoms. The summed E-state index contributed by atoms with van der Waals surface area (Å²) in [5.41, 5.74) is 3.44. The summed E-state index contributed by atoms with van der Waals surface area (Å²) < 4.78 is 0. The van der Waals surface area contributed by atoms with E-state index in [9.17, 15) is 0 Å². The minimum Gasteiger partial charge on any atom is -0.265 e. The minimum absolute atomic E-state index is 0.469. The second-order valence-electron chi connectivity index (χ2n) is 6.95. The lowest BCUT2D eigenvalue weighted by Crippen LogP contribution is -2.30. The van der Waals surface area contributed by atoms with Crippen LogP contribution in [0.5, 0.6) is 0 Å². The predicted octanol–water partition coefficient (Wildman–Crippen LogP) is 5.27. The van der Waals surface area contributed by atoms with Crippen molar-refractivity contribution in [2.75, 3.05) is 0 Å². The number of fused-ring (bicyclic) bond motifs is 1. The van der Waals surface area contributed by atoms with E-state index in [2.05, 4.69) is 15.2 Å². The van der Waals surface area contributed by atoms with Crippen molar-refractivity contribution in [3.8, 4) is 11.1 Å². The summed E-state index contributed by atoms with van der Waals surface area (Å²) in [6.07, 6.45) is 13.1. The highest BCUT2D eigenvalue weighted by Crippen LogP contribution is 2.49. The minimum atomic E-state index is 0.469. The third kappa shape index (κ3) is 2.99. The number of aromatic nitrogens is 3. The van der Waals surface area contributed by atoms with Crippen LogP contribution in [0.1, 0.15) is 56.6 Å². The fraction of sp³-hybridized carbons (Fsp3) is 0.526. The van der Waals surface area contributed by atoms with Crippen LogP contribution in [0.4, 0.5) is 0 Å². The molecular formula is C19H22ClN3. The second-order valence-corrected chi connectivity index (χ2v) is 7.33. The van der Waals surface area contributed by atoms with Crippen molar-refractivity contribution in [3.63, 3.8) is 0 Å². The van der Waals surface area contributed by atoms with Crippen LogP contribution in [0.15, 0.2) is 30.6 Å². The second kappa shape index (κ2) is 6.56. The van der Waals surface area contributed by atoms with Gasteiger partial charge in [-0.2, -0.15) is 5.10 Å². The molecule has 3 unspecified atom stereocenters. The van der Waals surface area contributed by atoms with Gasteiger partial charge in [-0.3, -0.25) is 4.98 Å². The van der Waals surface area contributed by atoms with Crippen molar-refractivity contribution in [1.29, 1.82) is 0 Å². The maximum Gasteiger partial charge on any atom is 0.152 e. The van der Waals surface area contributed by atoms with Crippen LogP contribution >= 0.6 is 11.6 Å². The largest absolute Gasteiger partial charge is 0.265 e. The quantitative estimate of drug-likeness (QED) is 0.754. The third-order valence-corrected chi connectivity index (χ3v) is 5.89. The third-order valence-electron chi connectivity index (χ3n) is 5.71. The first-order chi connectivity index (χ1) is 11.3. The van der Waals surface area contributed by atoms with Gasteiger partial charge >= 0.3 is 0 Å². The van der Waals surface area contributed by atoms with Gasteiger partial charge in [-0.15, -0.1) is 5.10 Å². The zero-order valence-electron chi connectivity index (χ0n) is 13.3. The molecule has 2 aromatic heterocycles. The highest BCUT2D eigenvalue weighted by atomic mass is 35.5. The molecule has 2 aliphatic rings. The van der Waals surface area contributed by atoms with Gasteiger partial charge < -0.3 is 0 Å². The molecule has 3 nitrogen and oxygen atoms in total. The van der Waals surface area contributed by atoms with Gasteiger partial charge in [0.2, 0.25) is 0 Å². The molecule has 0 N–H and O–H groups in total. The molecule has 4 heteroatoms. The highest BCUT2D eigenvalue weighted by Gasteiger charge is 2.37. The Hall–Kier alpha value is -1.48. The van der Waals surface area contributed by atoms with E-state index in [-0.39, 0.29) is 0 Å². The average molecular weight is 328 g/mol. The molecule has 0 spiro atoms. The molecule has 3 atom stereocenters.